The van der Waals surface area contributed by atoms with Crippen LogP contribution in [-0.4, -0.2) is 44.2 Å². The van der Waals surface area contributed by atoms with Gasteiger partial charge in [0, 0.05) is 31.9 Å². The summed E-state index contributed by atoms with van der Waals surface area (Å²) in [5.74, 6) is 0. The summed E-state index contributed by atoms with van der Waals surface area (Å²) < 4.78 is 0. The summed E-state index contributed by atoms with van der Waals surface area (Å²) in [7, 11) is 2.19. The van der Waals surface area contributed by atoms with Gasteiger partial charge in [0.25, 0.3) is 0 Å². The third-order valence-electron chi connectivity index (χ3n) is 4.26. The normalized spacial score (nSPS) is 17.4. The Morgan fingerprint density at radius 2 is 2.00 bits per heavy atom. The highest BCUT2D eigenvalue weighted by molar-refractivity contribution is 5.50. The lowest BCUT2D eigenvalue weighted by atomic mass is 10.0. The summed E-state index contributed by atoms with van der Waals surface area (Å²) in [4.78, 5) is 4.93. The quantitative estimate of drug-likeness (QED) is 0.865. The van der Waals surface area contributed by atoms with Crippen LogP contribution in [-0.2, 0) is 6.42 Å². The van der Waals surface area contributed by atoms with Crippen LogP contribution >= 0.6 is 0 Å². The van der Waals surface area contributed by atoms with E-state index in [1.165, 1.54) is 49.3 Å². The van der Waals surface area contributed by atoms with Crippen LogP contribution in [0.5, 0.6) is 0 Å². The van der Waals surface area contributed by atoms with Gasteiger partial charge in [0.05, 0.1) is 0 Å². The van der Waals surface area contributed by atoms with Crippen molar-refractivity contribution in [1.82, 2.24) is 4.90 Å². The number of hydrogen-bond donors (Lipinski definition) is 1. The number of likely N-dealkylation sites (tertiary alicyclic amines) is 1. The van der Waals surface area contributed by atoms with Crippen molar-refractivity contribution in [2.24, 2.45) is 5.73 Å². The van der Waals surface area contributed by atoms with E-state index in [9.17, 15) is 0 Å². The molecule has 1 fully saturated rings. The van der Waals surface area contributed by atoms with Crippen LogP contribution in [0.2, 0.25) is 0 Å². The fourth-order valence-electron chi connectivity index (χ4n) is 2.92. The number of hydrogen-bond acceptors (Lipinski definition) is 3. The number of nitrogens with two attached hydrogens (primary N) is 1. The summed E-state index contributed by atoms with van der Waals surface area (Å²) in [6, 6.07) is 6.99. The van der Waals surface area contributed by atoms with Gasteiger partial charge in [-0.1, -0.05) is 6.07 Å². The van der Waals surface area contributed by atoms with Crippen LogP contribution in [0.4, 0.5) is 5.69 Å². The summed E-state index contributed by atoms with van der Waals surface area (Å²) >= 11 is 0. The van der Waals surface area contributed by atoms with Gasteiger partial charge in [-0.15, -0.1) is 0 Å². The lowest BCUT2D eigenvalue weighted by molar-refractivity contribution is 0.346. The molecule has 0 saturated carbocycles. The van der Waals surface area contributed by atoms with E-state index in [4.69, 9.17) is 5.73 Å². The maximum absolute atomic E-state index is 5.89. The molecule has 1 aliphatic heterocycles. The molecule has 0 spiro atoms. The minimum atomic E-state index is 0.229. The van der Waals surface area contributed by atoms with Gasteiger partial charge in [0.1, 0.15) is 0 Å². The summed E-state index contributed by atoms with van der Waals surface area (Å²) in [6.45, 7) is 9.09. The lowest BCUT2D eigenvalue weighted by Crippen LogP contribution is -2.31. The second-order valence-corrected chi connectivity index (χ2v) is 6.26. The fraction of sp³-hybridized carbons (Fsp3) is 0.647. The molecular formula is C17H29N3. The third-order valence-corrected chi connectivity index (χ3v) is 4.26. The van der Waals surface area contributed by atoms with Crippen molar-refractivity contribution in [3.63, 3.8) is 0 Å². The molecule has 2 N–H and O–H groups in total. The molecular weight excluding hydrogens is 246 g/mol. The van der Waals surface area contributed by atoms with Crippen molar-refractivity contribution >= 4 is 5.69 Å². The van der Waals surface area contributed by atoms with E-state index in [2.05, 4.69) is 48.9 Å². The maximum atomic E-state index is 5.89. The van der Waals surface area contributed by atoms with E-state index in [1.807, 2.05) is 0 Å². The van der Waals surface area contributed by atoms with Crippen LogP contribution in [0.1, 0.15) is 30.9 Å². The van der Waals surface area contributed by atoms with Gasteiger partial charge in [-0.05, 0) is 69.5 Å². The number of nitrogens with zero attached hydrogens (tertiary/aromatic N) is 2. The molecule has 3 nitrogen and oxygen atoms in total. The summed E-state index contributed by atoms with van der Waals surface area (Å²) in [5.41, 5.74) is 9.93. The SMILES string of the molecule is Cc1cc(N(C)CCN2CCCC2)ccc1CC(C)N. The van der Waals surface area contributed by atoms with Gasteiger partial charge in [-0.2, -0.15) is 0 Å². The average molecular weight is 275 g/mol. The molecule has 20 heavy (non-hydrogen) atoms. The molecule has 3 heteroatoms. The Bertz CT molecular complexity index is 422. The molecule has 0 radical (unpaired) electrons. The first-order valence-electron chi connectivity index (χ1n) is 7.85. The van der Waals surface area contributed by atoms with E-state index < -0.39 is 0 Å². The number of anilines is 1. The van der Waals surface area contributed by atoms with E-state index in [0.29, 0.717) is 0 Å². The molecule has 1 aromatic carbocycles. The largest absolute Gasteiger partial charge is 0.373 e. The van der Waals surface area contributed by atoms with Gasteiger partial charge in [0.2, 0.25) is 0 Å². The molecule has 1 aromatic rings. The second-order valence-electron chi connectivity index (χ2n) is 6.26. The van der Waals surface area contributed by atoms with Gasteiger partial charge in [-0.25, -0.2) is 0 Å². The van der Waals surface area contributed by atoms with E-state index in [1.54, 1.807) is 0 Å². The first-order valence-corrected chi connectivity index (χ1v) is 7.85. The van der Waals surface area contributed by atoms with Crippen molar-refractivity contribution in [1.29, 1.82) is 0 Å². The lowest BCUT2D eigenvalue weighted by Gasteiger charge is -2.24. The molecule has 0 aromatic heterocycles. The Morgan fingerprint density at radius 1 is 1.30 bits per heavy atom. The first kappa shape index (κ1) is 15.3. The molecule has 1 heterocycles. The van der Waals surface area contributed by atoms with Crippen molar-refractivity contribution in [3.8, 4) is 0 Å². The van der Waals surface area contributed by atoms with Crippen molar-refractivity contribution in [3.05, 3.63) is 29.3 Å². The Labute approximate surface area is 123 Å². The highest BCUT2D eigenvalue weighted by atomic mass is 15.2. The zero-order valence-corrected chi connectivity index (χ0v) is 13.2. The smallest absolute Gasteiger partial charge is 0.0366 e. The molecule has 112 valence electrons. The Balaban J connectivity index is 1.92. The summed E-state index contributed by atoms with van der Waals surface area (Å²) in [5, 5.41) is 0. The van der Waals surface area contributed by atoms with Crippen LogP contribution in [0, 0.1) is 6.92 Å². The molecule has 0 bridgehead atoms. The standard InChI is InChI=1S/C17H29N3/c1-14-12-17(7-6-16(14)13-15(2)18)19(3)10-11-20-8-4-5-9-20/h6-7,12,15H,4-5,8-11,13,18H2,1-3H3. The van der Waals surface area contributed by atoms with Crippen LogP contribution < -0.4 is 10.6 Å². The van der Waals surface area contributed by atoms with Crippen molar-refractivity contribution in [2.75, 3.05) is 38.1 Å². The number of likely N-dealkylation sites (N-methyl/N-ethyl adjacent to an activating group) is 1. The van der Waals surface area contributed by atoms with Gasteiger partial charge >= 0.3 is 0 Å². The second kappa shape index (κ2) is 7.09. The zero-order valence-electron chi connectivity index (χ0n) is 13.2. The number of benzene rings is 1. The van der Waals surface area contributed by atoms with Crippen LogP contribution in [0.3, 0.4) is 0 Å². The first-order chi connectivity index (χ1) is 9.56. The zero-order chi connectivity index (χ0) is 14.5. The van der Waals surface area contributed by atoms with Crippen molar-refractivity contribution in [2.45, 2.75) is 39.2 Å². The fourth-order valence-corrected chi connectivity index (χ4v) is 2.92. The third kappa shape index (κ3) is 4.22. The van der Waals surface area contributed by atoms with Crippen LogP contribution in [0.15, 0.2) is 18.2 Å². The van der Waals surface area contributed by atoms with Gasteiger partial charge in [0.15, 0.2) is 0 Å². The topological polar surface area (TPSA) is 32.5 Å². The molecule has 1 atom stereocenters. The minimum Gasteiger partial charge on any atom is -0.373 e. The summed E-state index contributed by atoms with van der Waals surface area (Å²) in [6.07, 6.45) is 3.70. The van der Waals surface area contributed by atoms with E-state index in [-0.39, 0.29) is 6.04 Å². The molecule has 0 aliphatic carbocycles. The molecule has 1 saturated heterocycles. The Morgan fingerprint density at radius 3 is 2.60 bits per heavy atom. The monoisotopic (exact) mass is 275 g/mol. The predicted octanol–water partition coefficient (Wildman–Crippen LogP) is 2.42. The van der Waals surface area contributed by atoms with Gasteiger partial charge < -0.3 is 15.5 Å². The predicted molar refractivity (Wildman–Crippen MR) is 87.5 cm³/mol. The van der Waals surface area contributed by atoms with E-state index >= 15 is 0 Å². The van der Waals surface area contributed by atoms with Crippen LogP contribution in [0.25, 0.3) is 0 Å². The van der Waals surface area contributed by atoms with Crippen molar-refractivity contribution < 1.29 is 0 Å². The highest BCUT2D eigenvalue weighted by Gasteiger charge is 2.12. The minimum absolute atomic E-state index is 0.229. The number of rotatable bonds is 6. The number of aryl methyl sites for hydroxylation is 1. The molecule has 0 amide bonds. The Kier molecular flexibility index (Phi) is 5.44. The average Bonchev–Trinajstić information content (AvgIpc) is 2.91. The molecule has 2 rings (SSSR count). The molecule has 1 unspecified atom stereocenters. The van der Waals surface area contributed by atoms with Gasteiger partial charge in [-0.3, -0.25) is 0 Å². The molecule has 1 aliphatic rings. The maximum Gasteiger partial charge on any atom is 0.0366 e. The Hall–Kier alpha value is -1.06. The highest BCUT2D eigenvalue weighted by Crippen LogP contribution is 2.19. The van der Waals surface area contributed by atoms with E-state index in [0.717, 1.165) is 13.0 Å².